The van der Waals surface area contributed by atoms with Crippen molar-refractivity contribution in [2.24, 2.45) is 0 Å². The minimum atomic E-state index is -0.852. The number of carboxylic acid groups (broad SMARTS) is 1. The van der Waals surface area contributed by atoms with Gasteiger partial charge in [-0.05, 0) is 12.1 Å². The van der Waals surface area contributed by atoms with Crippen LogP contribution in [0.15, 0.2) is 24.7 Å². The lowest BCUT2D eigenvalue weighted by Gasteiger charge is -2.04. The number of fused-ring (bicyclic) bond motifs is 1. The molecule has 0 radical (unpaired) electrons. The van der Waals surface area contributed by atoms with Crippen LogP contribution in [-0.2, 0) is 4.79 Å². The van der Waals surface area contributed by atoms with E-state index >= 15 is 0 Å². The molecule has 0 bridgehead atoms. The zero-order valence-corrected chi connectivity index (χ0v) is 10.8. The van der Waals surface area contributed by atoms with Gasteiger partial charge in [0.25, 0.3) is 5.91 Å². The van der Waals surface area contributed by atoms with E-state index in [0.29, 0.717) is 23.5 Å². The van der Waals surface area contributed by atoms with Crippen molar-refractivity contribution in [3.05, 3.63) is 30.2 Å². The normalized spacial score (nSPS) is 10.5. The van der Waals surface area contributed by atoms with Crippen LogP contribution in [0, 0.1) is 0 Å². The molecule has 0 saturated carbocycles. The molecule has 2 aromatic heterocycles. The van der Waals surface area contributed by atoms with Gasteiger partial charge in [-0.15, -0.1) is 22.0 Å². The van der Waals surface area contributed by atoms with E-state index < -0.39 is 5.97 Å². The fourth-order valence-corrected chi connectivity index (χ4v) is 2.03. The molecule has 2 rings (SSSR count). The van der Waals surface area contributed by atoms with Gasteiger partial charge in [0.1, 0.15) is 6.33 Å². The van der Waals surface area contributed by atoms with Crippen molar-refractivity contribution >= 4 is 29.3 Å². The highest BCUT2D eigenvalue weighted by atomic mass is 32.2. The molecule has 0 aromatic carbocycles. The first-order valence-electron chi connectivity index (χ1n) is 5.54. The van der Waals surface area contributed by atoms with E-state index in [0.717, 1.165) is 0 Å². The summed E-state index contributed by atoms with van der Waals surface area (Å²) in [6.45, 7) is 0.428. The van der Waals surface area contributed by atoms with Crippen molar-refractivity contribution in [3.8, 4) is 0 Å². The molecule has 2 aromatic rings. The van der Waals surface area contributed by atoms with Crippen LogP contribution in [0.5, 0.6) is 0 Å². The average molecular weight is 280 g/mol. The lowest BCUT2D eigenvalue weighted by molar-refractivity contribution is -0.133. The fourth-order valence-electron chi connectivity index (χ4n) is 1.46. The molecule has 0 fully saturated rings. The van der Waals surface area contributed by atoms with E-state index in [2.05, 4.69) is 15.5 Å². The first-order chi connectivity index (χ1) is 9.16. The van der Waals surface area contributed by atoms with Crippen molar-refractivity contribution in [1.29, 1.82) is 0 Å². The molecule has 0 atom stereocenters. The van der Waals surface area contributed by atoms with Crippen molar-refractivity contribution in [1.82, 2.24) is 19.9 Å². The number of thioether (sulfide) groups is 1. The summed E-state index contributed by atoms with van der Waals surface area (Å²) in [7, 11) is 0. The van der Waals surface area contributed by atoms with Gasteiger partial charge in [0.15, 0.2) is 5.65 Å². The van der Waals surface area contributed by atoms with E-state index in [9.17, 15) is 9.59 Å². The molecule has 100 valence electrons. The minimum absolute atomic E-state index is 0.0442. The third-order valence-electron chi connectivity index (χ3n) is 2.31. The number of hydrogen-bond acceptors (Lipinski definition) is 5. The molecule has 0 aliphatic heterocycles. The van der Waals surface area contributed by atoms with Gasteiger partial charge in [-0.3, -0.25) is 14.0 Å². The van der Waals surface area contributed by atoms with Gasteiger partial charge in [0.2, 0.25) is 0 Å². The predicted octanol–water partition coefficient (Wildman–Crippen LogP) is 0.277. The number of amides is 1. The molecule has 0 spiro atoms. The first kappa shape index (κ1) is 13.3. The maximum absolute atomic E-state index is 11.8. The van der Waals surface area contributed by atoms with Gasteiger partial charge in [-0.1, -0.05) is 0 Å². The van der Waals surface area contributed by atoms with Crippen molar-refractivity contribution < 1.29 is 14.7 Å². The standard InChI is InChI=1S/C11H12N4O3S/c16-10(17)6-19-4-3-12-11(18)8-1-2-9-14-13-7-15(9)5-8/h1-2,5,7H,3-4,6H2,(H,12,18)(H,16,17). The zero-order valence-electron chi connectivity index (χ0n) is 9.94. The maximum Gasteiger partial charge on any atom is 0.313 e. The van der Waals surface area contributed by atoms with E-state index in [1.165, 1.54) is 18.1 Å². The number of nitrogens with zero attached hydrogens (tertiary/aromatic N) is 3. The van der Waals surface area contributed by atoms with Crippen LogP contribution in [0.2, 0.25) is 0 Å². The van der Waals surface area contributed by atoms with Crippen LogP contribution >= 0.6 is 11.8 Å². The van der Waals surface area contributed by atoms with E-state index in [1.54, 1.807) is 22.7 Å². The fraction of sp³-hybridized carbons (Fsp3) is 0.273. The van der Waals surface area contributed by atoms with Gasteiger partial charge >= 0.3 is 5.97 Å². The Bertz CT molecular complexity index is 598. The minimum Gasteiger partial charge on any atom is -0.481 e. The van der Waals surface area contributed by atoms with E-state index in [-0.39, 0.29) is 11.7 Å². The average Bonchev–Trinajstić information content (AvgIpc) is 2.84. The summed E-state index contributed by atoms with van der Waals surface area (Å²) in [6, 6.07) is 3.38. The second-order valence-electron chi connectivity index (χ2n) is 3.72. The number of pyridine rings is 1. The Labute approximate surface area is 113 Å². The SMILES string of the molecule is O=C(O)CSCCNC(=O)c1ccc2nncn2c1. The predicted molar refractivity (Wildman–Crippen MR) is 70.3 cm³/mol. The lowest BCUT2D eigenvalue weighted by atomic mass is 10.2. The van der Waals surface area contributed by atoms with Crippen molar-refractivity contribution in [3.63, 3.8) is 0 Å². The molecule has 2 heterocycles. The highest BCUT2D eigenvalue weighted by molar-refractivity contribution is 7.99. The van der Waals surface area contributed by atoms with Crippen LogP contribution in [0.3, 0.4) is 0 Å². The first-order valence-corrected chi connectivity index (χ1v) is 6.69. The quantitative estimate of drug-likeness (QED) is 0.738. The molecule has 1 amide bonds. The molecule has 0 unspecified atom stereocenters. The Hall–Kier alpha value is -2.09. The summed E-state index contributed by atoms with van der Waals surface area (Å²) in [5.41, 5.74) is 1.18. The molecule has 0 aliphatic carbocycles. The number of nitrogens with one attached hydrogen (secondary N) is 1. The zero-order chi connectivity index (χ0) is 13.7. The topological polar surface area (TPSA) is 96.6 Å². The number of aromatic nitrogens is 3. The Kier molecular flexibility index (Phi) is 4.35. The molecule has 7 nitrogen and oxygen atoms in total. The summed E-state index contributed by atoms with van der Waals surface area (Å²) in [5, 5.41) is 18.8. The van der Waals surface area contributed by atoms with Crippen LogP contribution in [0.1, 0.15) is 10.4 Å². The molecule has 19 heavy (non-hydrogen) atoms. The summed E-state index contributed by atoms with van der Waals surface area (Å²) in [6.07, 6.45) is 3.17. The second-order valence-corrected chi connectivity index (χ2v) is 4.82. The van der Waals surface area contributed by atoms with Crippen molar-refractivity contribution in [2.45, 2.75) is 0 Å². The Morgan fingerprint density at radius 1 is 1.42 bits per heavy atom. The molecule has 2 N–H and O–H groups in total. The number of rotatable bonds is 6. The summed E-state index contributed by atoms with van der Waals surface area (Å²) < 4.78 is 1.66. The number of aliphatic carboxylic acids is 1. The molecule has 8 heteroatoms. The van der Waals surface area contributed by atoms with Gasteiger partial charge < -0.3 is 10.4 Å². The smallest absolute Gasteiger partial charge is 0.313 e. The lowest BCUT2D eigenvalue weighted by Crippen LogP contribution is -2.26. The van der Waals surface area contributed by atoms with Crippen LogP contribution in [-0.4, -0.2) is 49.6 Å². The number of carbonyl (C=O) groups excluding carboxylic acids is 1. The second kappa shape index (κ2) is 6.19. The van der Waals surface area contributed by atoms with E-state index in [1.807, 2.05) is 0 Å². The third-order valence-corrected chi connectivity index (χ3v) is 3.25. The Morgan fingerprint density at radius 2 is 2.26 bits per heavy atom. The number of carbonyl (C=O) groups is 2. The largest absolute Gasteiger partial charge is 0.481 e. The maximum atomic E-state index is 11.8. The molecule has 0 aliphatic rings. The highest BCUT2D eigenvalue weighted by Gasteiger charge is 2.06. The summed E-state index contributed by atoms with van der Waals surface area (Å²) in [5.74, 6) is -0.448. The van der Waals surface area contributed by atoms with Gasteiger partial charge in [-0.2, -0.15) is 0 Å². The van der Waals surface area contributed by atoms with Gasteiger partial charge in [-0.25, -0.2) is 0 Å². The van der Waals surface area contributed by atoms with Crippen molar-refractivity contribution in [2.75, 3.05) is 18.1 Å². The molecule has 0 saturated heterocycles. The molecular formula is C11H12N4O3S. The Balaban J connectivity index is 1.84. The van der Waals surface area contributed by atoms with Crippen LogP contribution in [0.25, 0.3) is 5.65 Å². The monoisotopic (exact) mass is 280 g/mol. The molecular weight excluding hydrogens is 268 g/mol. The third kappa shape index (κ3) is 3.68. The van der Waals surface area contributed by atoms with E-state index in [4.69, 9.17) is 5.11 Å². The summed E-state index contributed by atoms with van der Waals surface area (Å²) in [4.78, 5) is 22.1. The van der Waals surface area contributed by atoms with Crippen LogP contribution in [0.4, 0.5) is 0 Å². The Morgan fingerprint density at radius 3 is 3.05 bits per heavy atom. The van der Waals surface area contributed by atoms with Gasteiger partial charge in [0.05, 0.1) is 11.3 Å². The van der Waals surface area contributed by atoms with Gasteiger partial charge in [0, 0.05) is 18.5 Å². The number of hydrogen-bond donors (Lipinski definition) is 2. The highest BCUT2D eigenvalue weighted by Crippen LogP contribution is 2.03. The number of carboxylic acids is 1. The van der Waals surface area contributed by atoms with Crippen LogP contribution < -0.4 is 5.32 Å². The summed E-state index contributed by atoms with van der Waals surface area (Å²) >= 11 is 1.26.